The van der Waals surface area contributed by atoms with Gasteiger partial charge in [-0.2, -0.15) is 0 Å². The second kappa shape index (κ2) is 13.7. The Bertz CT molecular complexity index is 989. The number of rotatable bonds is 12. The highest BCUT2D eigenvalue weighted by atomic mass is 16.5. The van der Waals surface area contributed by atoms with Crippen molar-refractivity contribution in [3.05, 3.63) is 71.3 Å². The van der Waals surface area contributed by atoms with Crippen molar-refractivity contribution in [3.8, 4) is 5.75 Å². The van der Waals surface area contributed by atoms with E-state index < -0.39 is 0 Å². The molecule has 10 heteroatoms. The fourth-order valence-corrected chi connectivity index (χ4v) is 3.03. The average Bonchev–Trinajstić information content (AvgIpc) is 2.84. The van der Waals surface area contributed by atoms with Crippen molar-refractivity contribution >= 4 is 18.0 Å². The number of carbonyl (C=O) groups excluding carboxylic acids is 2. The Labute approximate surface area is 200 Å². The minimum Gasteiger partial charge on any atom is -0.492 e. The summed E-state index contributed by atoms with van der Waals surface area (Å²) in [4.78, 5) is 33.0. The Morgan fingerprint density at radius 1 is 1.24 bits per heavy atom. The summed E-state index contributed by atoms with van der Waals surface area (Å²) in [5.74, 6) is 5.85. The molecule has 182 valence electrons. The Morgan fingerprint density at radius 3 is 2.56 bits per heavy atom. The van der Waals surface area contributed by atoms with E-state index in [2.05, 4.69) is 33.3 Å². The molecule has 1 aromatic heterocycles. The monoisotopic (exact) mass is 468 g/mol. The highest BCUT2D eigenvalue weighted by molar-refractivity contribution is 5.93. The number of quaternary nitrogens is 1. The maximum absolute atomic E-state index is 12.6. The number of nitrogens with one attached hydrogen (secondary N) is 2. The van der Waals surface area contributed by atoms with Gasteiger partial charge in [0.1, 0.15) is 11.4 Å². The van der Waals surface area contributed by atoms with E-state index in [1.54, 1.807) is 25.4 Å². The summed E-state index contributed by atoms with van der Waals surface area (Å²) < 4.78 is 5.31. The minimum atomic E-state index is -0.388. The Morgan fingerprint density at radius 2 is 1.97 bits per heavy atom. The van der Waals surface area contributed by atoms with Crippen LogP contribution in [0.25, 0.3) is 0 Å². The third kappa shape index (κ3) is 8.30. The molecule has 10 nitrogen and oxygen atoms in total. The molecule has 2 amide bonds. The van der Waals surface area contributed by atoms with Gasteiger partial charge in [0.2, 0.25) is 5.70 Å². The minimum absolute atomic E-state index is 0.182. The van der Waals surface area contributed by atoms with Crippen molar-refractivity contribution in [1.29, 1.82) is 0 Å². The SMILES string of the molecule is CCOc1ccc(C(=O)NCCN(N)C=C([NH3+])C(=O)NC(C=NC)c2ccc(CC)cc2)nc1. The molecule has 2 rings (SSSR count). The summed E-state index contributed by atoms with van der Waals surface area (Å²) in [6.07, 6.45) is 5.53. The van der Waals surface area contributed by atoms with Crippen LogP contribution >= 0.6 is 0 Å². The molecule has 1 atom stereocenters. The van der Waals surface area contributed by atoms with Crippen molar-refractivity contribution < 1.29 is 20.1 Å². The summed E-state index contributed by atoms with van der Waals surface area (Å²) in [7, 11) is 1.65. The average molecular weight is 469 g/mol. The molecular formula is C24H34N7O3+. The second-order valence-corrected chi connectivity index (χ2v) is 7.41. The van der Waals surface area contributed by atoms with Crippen molar-refractivity contribution in [2.75, 3.05) is 26.7 Å². The van der Waals surface area contributed by atoms with Crippen LogP contribution in [0.15, 0.2) is 59.5 Å². The second-order valence-electron chi connectivity index (χ2n) is 7.41. The third-order valence-corrected chi connectivity index (χ3v) is 4.88. The largest absolute Gasteiger partial charge is 0.492 e. The highest BCUT2D eigenvalue weighted by Gasteiger charge is 2.17. The Hall–Kier alpha value is -3.76. The summed E-state index contributed by atoms with van der Waals surface area (Å²) in [5, 5.41) is 6.93. The summed E-state index contributed by atoms with van der Waals surface area (Å²) in [6.45, 7) is 5.01. The molecule has 0 saturated heterocycles. The molecule has 0 bridgehead atoms. The van der Waals surface area contributed by atoms with Crippen LogP contribution in [0.3, 0.4) is 0 Å². The molecule has 0 saturated carbocycles. The number of hydrogen-bond donors (Lipinski definition) is 4. The predicted octanol–water partition coefficient (Wildman–Crippen LogP) is 0.590. The van der Waals surface area contributed by atoms with Gasteiger partial charge in [-0.25, -0.2) is 10.8 Å². The van der Waals surface area contributed by atoms with Crippen LogP contribution in [0.2, 0.25) is 0 Å². The van der Waals surface area contributed by atoms with E-state index in [-0.39, 0.29) is 42.3 Å². The molecule has 0 spiro atoms. The summed E-state index contributed by atoms with van der Waals surface area (Å²) in [6, 6.07) is 10.9. The van der Waals surface area contributed by atoms with Crippen LogP contribution in [0.5, 0.6) is 5.75 Å². The quantitative estimate of drug-likeness (QED) is 0.155. The molecule has 0 aliphatic carbocycles. The topological polar surface area (TPSA) is 150 Å². The molecule has 1 heterocycles. The van der Waals surface area contributed by atoms with Crippen LogP contribution in [-0.2, 0) is 11.2 Å². The first-order valence-electron chi connectivity index (χ1n) is 11.1. The van der Waals surface area contributed by atoms with Gasteiger partial charge in [-0.1, -0.05) is 31.2 Å². The number of nitrogens with zero attached hydrogens (tertiary/aromatic N) is 3. The first kappa shape index (κ1) is 26.5. The maximum atomic E-state index is 12.6. The molecule has 0 radical (unpaired) electrons. The van der Waals surface area contributed by atoms with Crippen molar-refractivity contribution in [2.24, 2.45) is 10.8 Å². The normalized spacial score (nSPS) is 12.3. The smallest absolute Gasteiger partial charge is 0.307 e. The van der Waals surface area contributed by atoms with E-state index in [1.807, 2.05) is 31.2 Å². The predicted molar refractivity (Wildman–Crippen MR) is 131 cm³/mol. The zero-order valence-corrected chi connectivity index (χ0v) is 20.0. The van der Waals surface area contributed by atoms with Crippen LogP contribution in [0.1, 0.15) is 41.5 Å². The molecule has 1 unspecified atom stereocenters. The number of hydrazine groups is 1. The number of aliphatic imine (C=N–C) groups is 1. The lowest BCUT2D eigenvalue weighted by Gasteiger charge is -2.16. The first-order chi connectivity index (χ1) is 16.4. The van der Waals surface area contributed by atoms with E-state index in [9.17, 15) is 9.59 Å². The molecule has 0 aliphatic rings. The van der Waals surface area contributed by atoms with Gasteiger partial charge in [0.25, 0.3) is 5.91 Å². The van der Waals surface area contributed by atoms with Crippen LogP contribution in [-0.4, -0.2) is 54.8 Å². The number of benzene rings is 1. The van der Waals surface area contributed by atoms with E-state index in [0.717, 1.165) is 12.0 Å². The highest BCUT2D eigenvalue weighted by Crippen LogP contribution is 2.13. The van der Waals surface area contributed by atoms with Gasteiger partial charge in [0, 0.05) is 19.8 Å². The molecule has 34 heavy (non-hydrogen) atoms. The van der Waals surface area contributed by atoms with E-state index in [1.165, 1.54) is 23.0 Å². The zero-order chi connectivity index (χ0) is 24.9. The fourth-order valence-electron chi connectivity index (χ4n) is 3.03. The number of aryl methyl sites for hydroxylation is 1. The number of amides is 2. The van der Waals surface area contributed by atoms with Gasteiger partial charge < -0.3 is 26.1 Å². The lowest BCUT2D eigenvalue weighted by Crippen LogP contribution is -2.56. The summed E-state index contributed by atoms with van der Waals surface area (Å²) in [5.41, 5.74) is 6.38. The first-order valence-corrected chi connectivity index (χ1v) is 11.1. The van der Waals surface area contributed by atoms with E-state index >= 15 is 0 Å². The number of aromatic nitrogens is 1. The molecular weight excluding hydrogens is 434 g/mol. The van der Waals surface area contributed by atoms with Crippen LogP contribution in [0, 0.1) is 0 Å². The molecule has 2 aromatic rings. The lowest BCUT2D eigenvalue weighted by molar-refractivity contribution is -0.300. The number of nitrogens with two attached hydrogens (primary N) is 1. The van der Waals surface area contributed by atoms with E-state index in [4.69, 9.17) is 10.6 Å². The third-order valence-electron chi connectivity index (χ3n) is 4.88. The number of ether oxygens (including phenoxy) is 1. The lowest BCUT2D eigenvalue weighted by atomic mass is 10.0. The molecule has 0 aliphatic heterocycles. The number of carbonyl (C=O) groups is 2. The zero-order valence-electron chi connectivity index (χ0n) is 20.0. The molecule has 7 N–H and O–H groups in total. The van der Waals surface area contributed by atoms with Crippen LogP contribution in [0.4, 0.5) is 0 Å². The van der Waals surface area contributed by atoms with Crippen molar-refractivity contribution in [1.82, 2.24) is 20.6 Å². The van der Waals surface area contributed by atoms with Gasteiger partial charge in [0.15, 0.2) is 0 Å². The van der Waals surface area contributed by atoms with E-state index in [0.29, 0.717) is 12.4 Å². The van der Waals surface area contributed by atoms with Crippen molar-refractivity contribution in [3.63, 3.8) is 0 Å². The number of hydrogen-bond acceptors (Lipinski definition) is 7. The van der Waals surface area contributed by atoms with Crippen LogP contribution < -0.4 is 26.9 Å². The van der Waals surface area contributed by atoms with Gasteiger partial charge in [-0.05, 0) is 36.6 Å². The van der Waals surface area contributed by atoms with Crippen molar-refractivity contribution in [2.45, 2.75) is 26.3 Å². The standard InChI is InChI=1S/C24H33N7O3/c1-4-17-6-8-18(9-7-17)22(15-27-3)30-23(32)20(25)16-31(26)13-12-28-24(33)21-11-10-19(14-29-21)34-5-2/h6-11,14-16,22H,4-5,12-13,25-26H2,1-3H3,(H,28,33)(H,30,32)/p+1. The Kier molecular flexibility index (Phi) is 10.7. The molecule has 0 fully saturated rings. The summed E-state index contributed by atoms with van der Waals surface area (Å²) >= 11 is 0. The Balaban J connectivity index is 1.87. The fraction of sp³-hybridized carbons (Fsp3) is 0.333. The number of pyridine rings is 1. The van der Waals surface area contributed by atoms with Gasteiger partial charge in [0.05, 0.1) is 31.6 Å². The van der Waals surface area contributed by atoms with Gasteiger partial charge in [-0.15, -0.1) is 0 Å². The van der Waals surface area contributed by atoms with Gasteiger partial charge in [-0.3, -0.25) is 14.6 Å². The van der Waals surface area contributed by atoms with Gasteiger partial charge >= 0.3 is 5.91 Å². The molecule has 1 aromatic carbocycles. The maximum Gasteiger partial charge on any atom is 0.307 e.